The third-order valence-corrected chi connectivity index (χ3v) is 3.27. The predicted molar refractivity (Wildman–Crippen MR) is 74.8 cm³/mol. The number of rotatable bonds is 3. The van der Waals surface area contributed by atoms with Crippen molar-refractivity contribution < 1.29 is 59.1 Å². The number of fused-ring (bicyclic) bond motifs is 1. The fraction of sp³-hybridized carbons (Fsp3) is 0.143. The first-order chi connectivity index (χ1) is 11.7. The van der Waals surface area contributed by atoms with Crippen LogP contribution >= 0.6 is 0 Å². The van der Waals surface area contributed by atoms with Gasteiger partial charge in [0.25, 0.3) is 12.0 Å². The first-order valence-corrected chi connectivity index (χ1v) is 6.71. The van der Waals surface area contributed by atoms with Gasteiger partial charge in [0.05, 0.1) is 11.3 Å². The summed E-state index contributed by atoms with van der Waals surface area (Å²) in [6.45, 7) is 1.05. The zero-order valence-corrected chi connectivity index (χ0v) is 15.8. The second-order valence-corrected chi connectivity index (χ2v) is 4.94. The van der Waals surface area contributed by atoms with Gasteiger partial charge in [-0.2, -0.15) is 14.6 Å². The molecule has 12 heteroatoms. The van der Waals surface area contributed by atoms with Crippen LogP contribution in [0.25, 0.3) is 16.9 Å². The number of hydrogen-bond donors (Lipinski definition) is 1. The summed E-state index contributed by atoms with van der Waals surface area (Å²) in [4.78, 5) is 7.65. The molecule has 3 aromatic rings. The molecule has 0 fully saturated rings. The maximum Gasteiger partial charge on any atom is 0.286 e. The van der Waals surface area contributed by atoms with Gasteiger partial charge in [0, 0.05) is 38.3 Å². The molecule has 0 spiro atoms. The number of nitrogens with zero attached hydrogens (tertiary/aromatic N) is 4. The van der Waals surface area contributed by atoms with Crippen LogP contribution in [0.5, 0.6) is 0 Å². The van der Waals surface area contributed by atoms with Crippen molar-refractivity contribution in [2.45, 2.75) is 13.1 Å². The van der Waals surface area contributed by atoms with E-state index in [1.54, 1.807) is 0 Å². The summed E-state index contributed by atoms with van der Waals surface area (Å²) >= 11 is 0. The number of aromatic nitrogens is 4. The van der Waals surface area contributed by atoms with Gasteiger partial charge in [0.1, 0.15) is 18.0 Å². The van der Waals surface area contributed by atoms with Gasteiger partial charge in [-0.25, -0.2) is 31.3 Å². The monoisotopic (exact) mass is 449 g/mol. The predicted octanol–water partition coefficient (Wildman–Crippen LogP) is 3.65. The van der Waals surface area contributed by atoms with Crippen molar-refractivity contribution >= 4 is 11.6 Å². The number of alkyl halides is 3. The molecule has 0 aliphatic carbocycles. The Morgan fingerprint density at radius 3 is 2.38 bits per heavy atom. The van der Waals surface area contributed by atoms with Crippen molar-refractivity contribution in [1.29, 1.82) is 0 Å². The van der Waals surface area contributed by atoms with Crippen molar-refractivity contribution in [2.24, 2.45) is 0 Å². The maximum atomic E-state index is 14.2. The molecular weight excluding hydrogens is 441 g/mol. The van der Waals surface area contributed by atoms with Gasteiger partial charge in [0.15, 0.2) is 11.6 Å². The van der Waals surface area contributed by atoms with Crippen LogP contribution in [0.2, 0.25) is 0 Å². The molecule has 1 aromatic carbocycles. The van der Waals surface area contributed by atoms with Gasteiger partial charge >= 0.3 is 0 Å². The second kappa shape index (κ2) is 7.47. The summed E-state index contributed by atoms with van der Waals surface area (Å²) in [6, 6.07) is 1.23. The van der Waals surface area contributed by atoms with Crippen LogP contribution in [0.15, 0.2) is 18.5 Å². The number of anilines is 1. The van der Waals surface area contributed by atoms with Crippen molar-refractivity contribution in [3.05, 3.63) is 48.2 Å². The number of halogens is 6. The SMILES string of the molecule is Cc1nc2ncnn2c(N[CH-]C(F)(F)F)c1-c1c(F)ccc(F)c1F.[Y]. The molecule has 2 aromatic heterocycles. The van der Waals surface area contributed by atoms with E-state index in [4.69, 9.17) is 0 Å². The largest absolute Gasteiger partial charge is 0.511 e. The standard InChI is InChI=1S/C14H8F6N5.Y/c1-6-9(10-7(15)2-3-8(16)11(10)17)12(21-4-14(18,19)20)25-13(24-6)22-5-23-25;/h2-5,21H,1H3;/q-1;. The van der Waals surface area contributed by atoms with E-state index in [2.05, 4.69) is 15.1 Å². The van der Waals surface area contributed by atoms with E-state index in [0.717, 1.165) is 10.8 Å². The van der Waals surface area contributed by atoms with Gasteiger partial charge in [-0.3, -0.25) is 0 Å². The van der Waals surface area contributed by atoms with Crippen molar-refractivity contribution in [3.8, 4) is 11.1 Å². The Kier molecular flexibility index (Phi) is 5.91. The molecule has 1 N–H and O–H groups in total. The van der Waals surface area contributed by atoms with Crippen molar-refractivity contribution in [1.82, 2.24) is 19.6 Å². The summed E-state index contributed by atoms with van der Waals surface area (Å²) in [7, 11) is 0. The van der Waals surface area contributed by atoms with Crippen LogP contribution in [0, 0.1) is 30.9 Å². The molecule has 135 valence electrons. The molecule has 0 aliphatic heterocycles. The molecule has 0 saturated heterocycles. The fourth-order valence-electron chi connectivity index (χ4n) is 2.29. The van der Waals surface area contributed by atoms with Gasteiger partial charge in [-0.1, -0.05) is 0 Å². The Bertz CT molecular complexity index is 955. The van der Waals surface area contributed by atoms with Crippen LogP contribution in [0.1, 0.15) is 5.69 Å². The maximum absolute atomic E-state index is 14.2. The molecule has 2 heterocycles. The van der Waals surface area contributed by atoms with E-state index in [1.807, 2.05) is 5.32 Å². The Hall–Kier alpha value is -1.75. The van der Waals surface area contributed by atoms with Crippen LogP contribution in [0.4, 0.5) is 32.2 Å². The first kappa shape index (κ1) is 20.6. The third-order valence-electron chi connectivity index (χ3n) is 3.27. The topological polar surface area (TPSA) is 55.1 Å². The Balaban J connectivity index is 0.00000243. The van der Waals surface area contributed by atoms with Gasteiger partial charge in [-0.15, -0.1) is 6.54 Å². The van der Waals surface area contributed by atoms with E-state index in [0.29, 0.717) is 12.1 Å². The van der Waals surface area contributed by atoms with Crippen LogP contribution in [0.3, 0.4) is 0 Å². The average molecular weight is 449 g/mol. The minimum absolute atomic E-state index is 0. The quantitative estimate of drug-likeness (QED) is 0.377. The molecule has 0 unspecified atom stereocenters. The normalized spacial score (nSPS) is 11.5. The molecule has 3 rings (SSSR count). The van der Waals surface area contributed by atoms with E-state index >= 15 is 0 Å². The number of aryl methyl sites for hydroxylation is 1. The average Bonchev–Trinajstić information content (AvgIpc) is 2.97. The number of benzene rings is 1. The summed E-state index contributed by atoms with van der Waals surface area (Å²) < 4.78 is 80.3. The summed E-state index contributed by atoms with van der Waals surface area (Å²) in [5, 5.41) is 5.59. The molecule has 1 radical (unpaired) electrons. The zero-order valence-electron chi connectivity index (χ0n) is 12.9. The molecule has 0 saturated carbocycles. The van der Waals surface area contributed by atoms with E-state index in [9.17, 15) is 26.3 Å². The molecule has 26 heavy (non-hydrogen) atoms. The molecule has 0 aliphatic rings. The van der Waals surface area contributed by atoms with E-state index in [-0.39, 0.29) is 50.7 Å². The minimum atomic E-state index is -4.74. The van der Waals surface area contributed by atoms with E-state index < -0.39 is 40.6 Å². The molecule has 0 amide bonds. The van der Waals surface area contributed by atoms with Crippen LogP contribution in [-0.2, 0) is 32.7 Å². The Morgan fingerprint density at radius 1 is 1.08 bits per heavy atom. The molecule has 5 nitrogen and oxygen atoms in total. The minimum Gasteiger partial charge on any atom is -0.511 e. The summed E-state index contributed by atoms with van der Waals surface area (Å²) in [5.41, 5.74) is -1.34. The van der Waals surface area contributed by atoms with Crippen molar-refractivity contribution in [2.75, 3.05) is 5.32 Å². The van der Waals surface area contributed by atoms with Gasteiger partial charge in [0.2, 0.25) is 0 Å². The molecule has 0 atom stereocenters. The van der Waals surface area contributed by atoms with Gasteiger partial charge in [-0.05, 0) is 19.1 Å². The smallest absolute Gasteiger partial charge is 0.286 e. The fourth-order valence-corrected chi connectivity index (χ4v) is 2.29. The summed E-state index contributed by atoms with van der Waals surface area (Å²) in [6.07, 6.45) is -3.73. The third kappa shape index (κ3) is 3.83. The van der Waals surface area contributed by atoms with Crippen molar-refractivity contribution in [3.63, 3.8) is 0 Å². The van der Waals surface area contributed by atoms with Gasteiger partial charge < -0.3 is 5.32 Å². The van der Waals surface area contributed by atoms with E-state index in [1.165, 1.54) is 6.92 Å². The first-order valence-electron chi connectivity index (χ1n) is 6.71. The number of hydrogen-bond acceptors (Lipinski definition) is 4. The van der Waals surface area contributed by atoms with Crippen LogP contribution < -0.4 is 5.32 Å². The van der Waals surface area contributed by atoms with Crippen LogP contribution in [-0.4, -0.2) is 25.8 Å². The molecular formula is C14H8F6N5Y-. The number of nitrogens with one attached hydrogen (secondary N) is 1. The Labute approximate surface area is 167 Å². The zero-order chi connectivity index (χ0) is 18.4. The Morgan fingerprint density at radius 2 is 1.73 bits per heavy atom. The summed E-state index contributed by atoms with van der Waals surface area (Å²) in [5.74, 6) is -4.64. The second-order valence-electron chi connectivity index (χ2n) is 4.94. The molecule has 0 bridgehead atoms.